The van der Waals surface area contributed by atoms with E-state index in [0.717, 1.165) is 49.9 Å². The van der Waals surface area contributed by atoms with Crippen LogP contribution in [0.1, 0.15) is 44.0 Å². The Morgan fingerprint density at radius 2 is 2.22 bits per heavy atom. The Bertz CT molecular complexity index is 604. The van der Waals surface area contributed by atoms with Gasteiger partial charge >= 0.3 is 0 Å². The van der Waals surface area contributed by atoms with Gasteiger partial charge < -0.3 is 4.74 Å². The summed E-state index contributed by atoms with van der Waals surface area (Å²) in [5, 5.41) is 7.42. The van der Waals surface area contributed by atoms with Gasteiger partial charge in [0.1, 0.15) is 23.8 Å². The Hall–Kier alpha value is -1.31. The summed E-state index contributed by atoms with van der Waals surface area (Å²) in [4.78, 5) is 11.2. The zero-order valence-corrected chi connectivity index (χ0v) is 14.9. The average Bonchev–Trinajstić information content (AvgIpc) is 3.18. The molecule has 2 aromatic rings. The number of ether oxygens (including phenoxy) is 1. The number of morpholine rings is 1. The number of aromatic nitrogens is 4. The maximum Gasteiger partial charge on any atom is 0.137 e. The maximum absolute atomic E-state index is 5.95. The Balaban J connectivity index is 1.52. The third-order valence-corrected chi connectivity index (χ3v) is 4.98. The molecule has 0 aliphatic carbocycles. The fourth-order valence-corrected chi connectivity index (χ4v) is 3.72. The van der Waals surface area contributed by atoms with Crippen molar-refractivity contribution in [3.05, 3.63) is 28.7 Å². The Morgan fingerprint density at radius 3 is 2.91 bits per heavy atom. The standard InChI is InChI=1S/C16H25N5OS/c1-16(2,3)14-10-23-15(19-14)13-9-20(7-8-22-13)5-4-6-21-12-17-11-18-21/h10-13H,4-9H2,1-3H3/t13-/m1/s1. The predicted molar refractivity (Wildman–Crippen MR) is 90.6 cm³/mol. The van der Waals surface area contributed by atoms with Crippen molar-refractivity contribution in [2.45, 2.75) is 45.3 Å². The lowest BCUT2D eigenvalue weighted by atomic mass is 9.93. The highest BCUT2D eigenvalue weighted by Gasteiger charge is 2.26. The Labute approximate surface area is 141 Å². The van der Waals surface area contributed by atoms with E-state index in [4.69, 9.17) is 9.72 Å². The molecule has 1 fully saturated rings. The van der Waals surface area contributed by atoms with Crippen LogP contribution in [0.3, 0.4) is 0 Å². The van der Waals surface area contributed by atoms with Gasteiger partial charge in [0.2, 0.25) is 0 Å². The summed E-state index contributed by atoms with van der Waals surface area (Å²) in [5.74, 6) is 0. The second-order valence-corrected chi connectivity index (χ2v) is 7.88. The summed E-state index contributed by atoms with van der Waals surface area (Å²) in [6, 6.07) is 0. The van der Waals surface area contributed by atoms with Gasteiger partial charge in [0.25, 0.3) is 0 Å². The van der Waals surface area contributed by atoms with Crippen LogP contribution in [0.5, 0.6) is 0 Å². The zero-order chi connectivity index (χ0) is 16.3. The number of thiazole rings is 1. The highest BCUT2D eigenvalue weighted by Crippen LogP contribution is 2.30. The second-order valence-electron chi connectivity index (χ2n) is 6.99. The van der Waals surface area contributed by atoms with Crippen molar-refractivity contribution in [3.63, 3.8) is 0 Å². The van der Waals surface area contributed by atoms with E-state index in [0.29, 0.717) is 0 Å². The number of hydrogen-bond donors (Lipinski definition) is 0. The van der Waals surface area contributed by atoms with Crippen LogP contribution in [0.4, 0.5) is 0 Å². The number of rotatable bonds is 5. The summed E-state index contributed by atoms with van der Waals surface area (Å²) in [6.45, 7) is 11.3. The lowest BCUT2D eigenvalue weighted by Crippen LogP contribution is -2.39. The van der Waals surface area contributed by atoms with Crippen molar-refractivity contribution in [2.75, 3.05) is 26.2 Å². The van der Waals surface area contributed by atoms with Gasteiger partial charge in [-0.3, -0.25) is 9.58 Å². The van der Waals surface area contributed by atoms with Gasteiger partial charge in [0, 0.05) is 37.0 Å². The molecule has 0 bridgehead atoms. The van der Waals surface area contributed by atoms with Crippen LogP contribution >= 0.6 is 11.3 Å². The van der Waals surface area contributed by atoms with E-state index < -0.39 is 0 Å². The SMILES string of the molecule is CC(C)(C)c1csc([C@H]2CN(CCCn3cncn3)CCO2)n1. The fourth-order valence-electron chi connectivity index (χ4n) is 2.64. The lowest BCUT2D eigenvalue weighted by molar-refractivity contribution is -0.0307. The van der Waals surface area contributed by atoms with Crippen LogP contribution in [0.25, 0.3) is 0 Å². The minimum Gasteiger partial charge on any atom is -0.368 e. The molecule has 0 amide bonds. The van der Waals surface area contributed by atoms with E-state index in [-0.39, 0.29) is 11.5 Å². The highest BCUT2D eigenvalue weighted by atomic mass is 32.1. The van der Waals surface area contributed by atoms with E-state index in [1.165, 1.54) is 0 Å². The minimum atomic E-state index is 0.0981. The summed E-state index contributed by atoms with van der Waals surface area (Å²) < 4.78 is 7.83. The van der Waals surface area contributed by atoms with Crippen molar-refractivity contribution in [1.29, 1.82) is 0 Å². The highest BCUT2D eigenvalue weighted by molar-refractivity contribution is 7.09. The fraction of sp³-hybridized carbons (Fsp3) is 0.688. The minimum absolute atomic E-state index is 0.0981. The lowest BCUT2D eigenvalue weighted by Gasteiger charge is -2.32. The van der Waals surface area contributed by atoms with E-state index in [2.05, 4.69) is 41.1 Å². The van der Waals surface area contributed by atoms with Gasteiger partial charge in [-0.2, -0.15) is 5.10 Å². The van der Waals surface area contributed by atoms with Crippen LogP contribution in [0, 0.1) is 0 Å². The van der Waals surface area contributed by atoms with E-state index in [9.17, 15) is 0 Å². The summed E-state index contributed by atoms with van der Waals surface area (Å²) in [7, 11) is 0. The quantitative estimate of drug-likeness (QED) is 0.840. The molecule has 6 nitrogen and oxygen atoms in total. The first-order chi connectivity index (χ1) is 11.0. The number of nitrogens with zero attached hydrogens (tertiary/aromatic N) is 5. The molecule has 0 radical (unpaired) electrons. The average molecular weight is 335 g/mol. The maximum atomic E-state index is 5.95. The summed E-state index contributed by atoms with van der Waals surface area (Å²) >= 11 is 1.72. The molecule has 1 aliphatic rings. The molecule has 0 aromatic carbocycles. The second kappa shape index (κ2) is 7.07. The normalized spacial score (nSPS) is 20.0. The molecular formula is C16H25N5OS. The smallest absolute Gasteiger partial charge is 0.137 e. The van der Waals surface area contributed by atoms with E-state index in [1.54, 1.807) is 24.0 Å². The molecule has 0 N–H and O–H groups in total. The molecule has 1 atom stereocenters. The molecule has 23 heavy (non-hydrogen) atoms. The topological polar surface area (TPSA) is 56.1 Å². The monoisotopic (exact) mass is 335 g/mol. The van der Waals surface area contributed by atoms with Crippen LogP contribution < -0.4 is 0 Å². The summed E-state index contributed by atoms with van der Waals surface area (Å²) in [5.41, 5.74) is 1.25. The van der Waals surface area contributed by atoms with Gasteiger partial charge in [0.05, 0.1) is 12.3 Å². The molecule has 1 saturated heterocycles. The van der Waals surface area contributed by atoms with Gasteiger partial charge in [-0.05, 0) is 6.42 Å². The van der Waals surface area contributed by atoms with Gasteiger partial charge in [-0.25, -0.2) is 9.97 Å². The number of aryl methyl sites for hydroxylation is 1. The first kappa shape index (κ1) is 16.5. The first-order valence-corrected chi connectivity index (χ1v) is 9.02. The molecule has 3 rings (SSSR count). The zero-order valence-electron chi connectivity index (χ0n) is 14.1. The predicted octanol–water partition coefficient (Wildman–Crippen LogP) is 2.50. The number of hydrogen-bond acceptors (Lipinski definition) is 6. The Kier molecular flexibility index (Phi) is 5.08. The van der Waals surface area contributed by atoms with Crippen LogP contribution in [-0.4, -0.2) is 50.9 Å². The molecule has 2 aromatic heterocycles. The van der Waals surface area contributed by atoms with Gasteiger partial charge in [-0.15, -0.1) is 11.3 Å². The molecule has 0 unspecified atom stereocenters. The van der Waals surface area contributed by atoms with E-state index in [1.807, 2.05) is 4.68 Å². The van der Waals surface area contributed by atoms with E-state index >= 15 is 0 Å². The van der Waals surface area contributed by atoms with Crippen molar-refractivity contribution >= 4 is 11.3 Å². The Morgan fingerprint density at radius 1 is 1.35 bits per heavy atom. The summed E-state index contributed by atoms with van der Waals surface area (Å²) in [6.07, 6.45) is 4.53. The molecule has 0 saturated carbocycles. The van der Waals surface area contributed by atoms with Gasteiger partial charge in [-0.1, -0.05) is 20.8 Å². The van der Waals surface area contributed by atoms with Crippen molar-refractivity contribution < 1.29 is 4.74 Å². The molecule has 3 heterocycles. The molecule has 126 valence electrons. The molecule has 7 heteroatoms. The first-order valence-electron chi connectivity index (χ1n) is 8.14. The largest absolute Gasteiger partial charge is 0.368 e. The molecular weight excluding hydrogens is 310 g/mol. The van der Waals surface area contributed by atoms with Crippen LogP contribution in [0.15, 0.2) is 18.0 Å². The molecule has 1 aliphatic heterocycles. The van der Waals surface area contributed by atoms with Crippen LogP contribution in [0.2, 0.25) is 0 Å². The van der Waals surface area contributed by atoms with Crippen LogP contribution in [-0.2, 0) is 16.7 Å². The van der Waals surface area contributed by atoms with Crippen molar-refractivity contribution in [3.8, 4) is 0 Å². The van der Waals surface area contributed by atoms with Gasteiger partial charge in [0.15, 0.2) is 0 Å². The third kappa shape index (κ3) is 4.37. The van der Waals surface area contributed by atoms with Crippen molar-refractivity contribution in [2.24, 2.45) is 0 Å². The molecule has 0 spiro atoms. The van der Waals surface area contributed by atoms with Crippen molar-refractivity contribution in [1.82, 2.24) is 24.6 Å². The third-order valence-electron chi connectivity index (χ3n) is 4.04.